The number of aromatic nitrogens is 1. The van der Waals surface area contributed by atoms with Crippen LogP contribution < -0.4 is 15.4 Å². The van der Waals surface area contributed by atoms with Gasteiger partial charge in [-0.2, -0.15) is 5.10 Å². The van der Waals surface area contributed by atoms with E-state index in [1.807, 2.05) is 0 Å². The molecule has 0 spiro atoms. The SMILES string of the molecule is O=C(C[NH+]1CCn2c3c(c4cc(C5CCCCC5)ccc42)CCCC31)N/N=C\c1ccc([O-])cc1. The molecular formula is C29H34N4O2. The van der Waals surface area contributed by atoms with Crippen molar-refractivity contribution in [3.05, 3.63) is 64.8 Å². The number of hydrogen-bond donors (Lipinski definition) is 2. The lowest BCUT2D eigenvalue weighted by Gasteiger charge is -2.36. The summed E-state index contributed by atoms with van der Waals surface area (Å²) in [5, 5.41) is 16.8. The summed E-state index contributed by atoms with van der Waals surface area (Å²) in [5.74, 6) is 0.628. The number of nitrogens with one attached hydrogen (secondary N) is 2. The highest BCUT2D eigenvalue weighted by Crippen LogP contribution is 2.40. The Balaban J connectivity index is 1.20. The van der Waals surface area contributed by atoms with Gasteiger partial charge >= 0.3 is 0 Å². The van der Waals surface area contributed by atoms with Gasteiger partial charge in [-0.3, -0.25) is 4.79 Å². The van der Waals surface area contributed by atoms with Gasteiger partial charge in [0.15, 0.2) is 6.54 Å². The van der Waals surface area contributed by atoms with Gasteiger partial charge in [-0.15, -0.1) is 5.75 Å². The van der Waals surface area contributed by atoms with Crippen LogP contribution in [0.2, 0.25) is 0 Å². The van der Waals surface area contributed by atoms with E-state index in [4.69, 9.17) is 0 Å². The lowest BCUT2D eigenvalue weighted by atomic mass is 9.83. The predicted octanol–water partition coefficient (Wildman–Crippen LogP) is 3.19. The highest BCUT2D eigenvalue weighted by atomic mass is 16.3. The van der Waals surface area contributed by atoms with Crippen LogP contribution in [0, 0.1) is 0 Å². The van der Waals surface area contributed by atoms with Gasteiger partial charge in [0.05, 0.1) is 25.0 Å². The summed E-state index contributed by atoms with van der Waals surface area (Å²) in [6, 6.07) is 14.0. The number of rotatable bonds is 5. The highest BCUT2D eigenvalue weighted by Gasteiger charge is 2.38. The third kappa shape index (κ3) is 4.36. The zero-order valence-corrected chi connectivity index (χ0v) is 20.3. The number of carbonyl (C=O) groups is 1. The highest BCUT2D eigenvalue weighted by molar-refractivity contribution is 5.87. The molecule has 2 aliphatic carbocycles. The van der Waals surface area contributed by atoms with E-state index >= 15 is 0 Å². The van der Waals surface area contributed by atoms with Crippen LogP contribution >= 0.6 is 0 Å². The van der Waals surface area contributed by atoms with Crippen LogP contribution in [0.3, 0.4) is 0 Å². The van der Waals surface area contributed by atoms with E-state index in [0.29, 0.717) is 12.6 Å². The third-order valence-electron chi connectivity index (χ3n) is 8.38. The Morgan fingerprint density at radius 3 is 2.74 bits per heavy atom. The van der Waals surface area contributed by atoms with Crippen molar-refractivity contribution in [2.45, 2.75) is 69.9 Å². The second-order valence-corrected chi connectivity index (χ2v) is 10.5. The average Bonchev–Trinajstić information content (AvgIpc) is 3.22. The molecule has 1 fully saturated rings. The molecule has 2 unspecified atom stereocenters. The van der Waals surface area contributed by atoms with Crippen molar-refractivity contribution in [1.82, 2.24) is 9.99 Å². The number of fused-ring (bicyclic) bond motifs is 3. The van der Waals surface area contributed by atoms with Crippen molar-refractivity contribution in [1.29, 1.82) is 0 Å². The first-order chi connectivity index (χ1) is 17.2. The average molecular weight is 471 g/mol. The summed E-state index contributed by atoms with van der Waals surface area (Å²) in [5.41, 5.74) is 9.41. The summed E-state index contributed by atoms with van der Waals surface area (Å²) in [4.78, 5) is 14.1. The lowest BCUT2D eigenvalue weighted by molar-refractivity contribution is -0.929. The molecule has 6 rings (SSSR count). The quantitative estimate of drug-likeness (QED) is 0.444. The Morgan fingerprint density at radius 1 is 1.09 bits per heavy atom. The molecule has 2 atom stereocenters. The summed E-state index contributed by atoms with van der Waals surface area (Å²) in [7, 11) is 0. The Morgan fingerprint density at radius 2 is 1.91 bits per heavy atom. The molecule has 6 nitrogen and oxygen atoms in total. The standard InChI is InChI=1S/C29H34N4O2/c34-23-12-9-20(10-13-23)18-30-31-28(35)19-32-15-16-33-26-14-11-22(21-5-2-1-3-6-21)17-25(26)24-7-4-8-27(32)29(24)33/h9-14,17-18,21,27,34H,1-8,15-16,19H2,(H,31,35)/b30-18-. The summed E-state index contributed by atoms with van der Waals surface area (Å²) in [6.07, 6.45) is 11.8. The first-order valence-corrected chi connectivity index (χ1v) is 13.3. The van der Waals surface area contributed by atoms with Crippen molar-refractivity contribution in [3.8, 4) is 5.75 Å². The monoisotopic (exact) mass is 470 g/mol. The zero-order valence-electron chi connectivity index (χ0n) is 20.3. The molecule has 2 aromatic carbocycles. The van der Waals surface area contributed by atoms with Crippen molar-refractivity contribution in [2.24, 2.45) is 5.10 Å². The van der Waals surface area contributed by atoms with Crippen molar-refractivity contribution < 1.29 is 14.8 Å². The van der Waals surface area contributed by atoms with Gasteiger partial charge in [-0.25, -0.2) is 5.43 Å². The summed E-state index contributed by atoms with van der Waals surface area (Å²) < 4.78 is 2.55. The van der Waals surface area contributed by atoms with Crippen LogP contribution in [0.25, 0.3) is 10.9 Å². The van der Waals surface area contributed by atoms with Crippen molar-refractivity contribution in [2.75, 3.05) is 13.1 Å². The summed E-state index contributed by atoms with van der Waals surface area (Å²) in [6.45, 7) is 2.34. The van der Waals surface area contributed by atoms with Gasteiger partial charge in [0.25, 0.3) is 5.91 Å². The van der Waals surface area contributed by atoms with Gasteiger partial charge in [0.2, 0.25) is 0 Å². The molecule has 6 heteroatoms. The van der Waals surface area contributed by atoms with E-state index in [0.717, 1.165) is 37.4 Å². The molecule has 3 aromatic rings. The molecule has 2 N–H and O–H groups in total. The van der Waals surface area contributed by atoms with Gasteiger partial charge < -0.3 is 14.6 Å². The molecule has 3 aliphatic rings. The van der Waals surface area contributed by atoms with E-state index < -0.39 is 0 Å². The second kappa shape index (κ2) is 9.50. The van der Waals surface area contributed by atoms with Gasteiger partial charge in [-0.05, 0) is 60.4 Å². The normalized spacial score (nSPS) is 22.4. The molecule has 0 bridgehead atoms. The maximum Gasteiger partial charge on any atom is 0.295 e. The number of hydrazone groups is 1. The number of aryl methyl sites for hydroxylation is 1. The van der Waals surface area contributed by atoms with Crippen LogP contribution in [-0.2, 0) is 17.8 Å². The molecule has 2 heterocycles. The van der Waals surface area contributed by atoms with E-state index in [9.17, 15) is 9.90 Å². The summed E-state index contributed by atoms with van der Waals surface area (Å²) >= 11 is 0. The molecule has 1 saturated carbocycles. The predicted molar refractivity (Wildman–Crippen MR) is 136 cm³/mol. The molecule has 1 aliphatic heterocycles. The Labute approximate surface area is 206 Å². The first-order valence-electron chi connectivity index (χ1n) is 13.3. The minimum atomic E-state index is -0.0621. The Bertz CT molecular complexity index is 1250. The molecule has 1 amide bonds. The number of carbonyl (C=O) groups excluding carboxylic acids is 1. The molecule has 0 saturated heterocycles. The molecule has 35 heavy (non-hydrogen) atoms. The first kappa shape index (κ1) is 22.4. The van der Waals surface area contributed by atoms with E-state index in [1.54, 1.807) is 18.3 Å². The Kier molecular flexibility index (Phi) is 6.06. The van der Waals surface area contributed by atoms with Gasteiger partial charge in [0, 0.05) is 17.3 Å². The van der Waals surface area contributed by atoms with E-state index in [-0.39, 0.29) is 11.7 Å². The number of nitrogens with zero attached hydrogens (tertiary/aromatic N) is 2. The number of benzene rings is 2. The Hall–Kier alpha value is -3.12. The zero-order chi connectivity index (χ0) is 23.8. The lowest BCUT2D eigenvalue weighted by Crippen LogP contribution is -3.14. The van der Waals surface area contributed by atoms with Gasteiger partial charge in [0.1, 0.15) is 6.04 Å². The molecule has 0 radical (unpaired) electrons. The van der Waals surface area contributed by atoms with Crippen LogP contribution in [-0.4, -0.2) is 29.8 Å². The third-order valence-corrected chi connectivity index (χ3v) is 8.38. The smallest absolute Gasteiger partial charge is 0.295 e. The van der Waals surface area contributed by atoms with Crippen LogP contribution in [0.1, 0.15) is 79.3 Å². The molecule has 1 aromatic heterocycles. The van der Waals surface area contributed by atoms with Crippen molar-refractivity contribution in [3.63, 3.8) is 0 Å². The number of hydrogen-bond acceptors (Lipinski definition) is 3. The fraction of sp³-hybridized carbons (Fsp3) is 0.448. The number of quaternary nitrogens is 1. The maximum atomic E-state index is 12.7. The van der Waals surface area contributed by atoms with Crippen LogP contribution in [0.5, 0.6) is 5.75 Å². The minimum Gasteiger partial charge on any atom is -0.872 e. The van der Waals surface area contributed by atoms with Crippen LogP contribution in [0.4, 0.5) is 0 Å². The number of amides is 1. The molecular weight excluding hydrogens is 436 g/mol. The van der Waals surface area contributed by atoms with Gasteiger partial charge in [-0.1, -0.05) is 49.6 Å². The fourth-order valence-electron chi connectivity index (χ4n) is 6.69. The van der Waals surface area contributed by atoms with E-state index in [2.05, 4.69) is 33.3 Å². The topological polar surface area (TPSA) is 73.9 Å². The van der Waals surface area contributed by atoms with Crippen LogP contribution in [0.15, 0.2) is 47.6 Å². The van der Waals surface area contributed by atoms with Crippen molar-refractivity contribution >= 4 is 23.0 Å². The van der Waals surface area contributed by atoms with E-state index in [1.165, 1.54) is 83.3 Å². The fourth-order valence-corrected chi connectivity index (χ4v) is 6.69. The molecule has 182 valence electrons. The minimum absolute atomic E-state index is 0.0330. The second-order valence-electron chi connectivity index (χ2n) is 10.5. The largest absolute Gasteiger partial charge is 0.872 e. The maximum absolute atomic E-state index is 12.7.